The van der Waals surface area contributed by atoms with E-state index in [1.165, 1.54) is 0 Å². The molecule has 2 aromatic heterocycles. The lowest BCUT2D eigenvalue weighted by Crippen LogP contribution is -2.60. The number of hydrogen-bond acceptors (Lipinski definition) is 8. The van der Waals surface area contributed by atoms with Crippen LogP contribution in [0.2, 0.25) is 0 Å². The van der Waals surface area contributed by atoms with E-state index in [0.717, 1.165) is 24.0 Å². The predicted molar refractivity (Wildman–Crippen MR) is 123 cm³/mol. The summed E-state index contributed by atoms with van der Waals surface area (Å²) in [6.45, 7) is 2.15. The summed E-state index contributed by atoms with van der Waals surface area (Å²) in [5.74, 6) is 0.931. The van der Waals surface area contributed by atoms with E-state index in [1.807, 2.05) is 19.2 Å². The van der Waals surface area contributed by atoms with Crippen molar-refractivity contribution in [1.29, 1.82) is 0 Å². The van der Waals surface area contributed by atoms with E-state index in [4.69, 9.17) is 4.74 Å². The number of rotatable bonds is 5. The third kappa shape index (κ3) is 3.97. The number of fused-ring (bicyclic) bond motifs is 2. The molecular formula is C24H27FN6O2. The lowest BCUT2D eigenvalue weighted by atomic mass is 9.88. The van der Waals surface area contributed by atoms with Gasteiger partial charge >= 0.3 is 0 Å². The summed E-state index contributed by atoms with van der Waals surface area (Å²) in [5.41, 5.74) is 2.60. The van der Waals surface area contributed by atoms with Crippen molar-refractivity contribution in [3.8, 4) is 34.0 Å². The van der Waals surface area contributed by atoms with Crippen molar-refractivity contribution in [3.63, 3.8) is 0 Å². The minimum Gasteiger partial charge on any atom is -0.507 e. The number of phenols is 1. The molecule has 5 rings (SSSR count). The van der Waals surface area contributed by atoms with Crippen molar-refractivity contribution >= 4 is 5.95 Å². The minimum atomic E-state index is -0.989. The number of aromatic nitrogens is 4. The topological polar surface area (TPSA) is 96.3 Å². The van der Waals surface area contributed by atoms with E-state index < -0.39 is 6.17 Å². The monoisotopic (exact) mass is 450 g/mol. The summed E-state index contributed by atoms with van der Waals surface area (Å²) in [4.78, 5) is 10.3. The highest BCUT2D eigenvalue weighted by molar-refractivity contribution is 5.74. The van der Waals surface area contributed by atoms with E-state index in [2.05, 4.69) is 32.4 Å². The summed E-state index contributed by atoms with van der Waals surface area (Å²) in [6.07, 6.45) is 4.74. The van der Waals surface area contributed by atoms with Crippen molar-refractivity contribution < 1.29 is 14.2 Å². The Kier molecular flexibility index (Phi) is 5.36. The maximum Gasteiger partial charge on any atom is 0.245 e. The Labute approximate surface area is 191 Å². The molecular weight excluding hydrogens is 423 g/mol. The zero-order chi connectivity index (χ0) is 23.2. The molecule has 9 heteroatoms. The van der Waals surface area contributed by atoms with Gasteiger partial charge in [-0.2, -0.15) is 0 Å². The molecule has 0 aliphatic carbocycles. The fraction of sp³-hybridized carbons (Fsp3) is 0.417. The van der Waals surface area contributed by atoms with E-state index in [-0.39, 0.29) is 23.4 Å². The third-order valence-electron chi connectivity index (χ3n) is 6.87. The molecule has 0 radical (unpaired) electrons. The first-order valence-electron chi connectivity index (χ1n) is 11.0. The van der Waals surface area contributed by atoms with Gasteiger partial charge in [-0.1, -0.05) is 6.07 Å². The Bertz CT molecular complexity index is 1160. The molecule has 8 nitrogen and oxygen atoms in total. The molecule has 4 heterocycles. The maximum atomic E-state index is 15.0. The normalized spacial score (nSPS) is 26.2. The van der Waals surface area contributed by atoms with Crippen molar-refractivity contribution in [2.75, 3.05) is 19.1 Å². The number of nitrogens with one attached hydrogen (secondary N) is 1. The first kappa shape index (κ1) is 21.5. The zero-order valence-corrected chi connectivity index (χ0v) is 18.9. The molecule has 2 saturated heterocycles. The number of nitrogens with zero attached hydrogens (tertiary/aromatic N) is 5. The number of hydrogen-bond donors (Lipinski definition) is 2. The average Bonchev–Trinajstić information content (AvgIpc) is 3.18. The molecule has 0 amide bonds. The van der Waals surface area contributed by atoms with Gasteiger partial charge in [0.2, 0.25) is 11.8 Å². The molecule has 0 spiro atoms. The fourth-order valence-electron chi connectivity index (χ4n) is 4.99. The van der Waals surface area contributed by atoms with Gasteiger partial charge in [-0.05, 0) is 55.5 Å². The number of benzene rings is 1. The number of pyridine rings is 1. The van der Waals surface area contributed by atoms with Crippen LogP contribution in [0.25, 0.3) is 22.4 Å². The standard InChI is InChI=1S/C24H27FN6O2/c1-24-8-6-17(28-24)22(25)19(12-24)31(2)23-27-13-18(29-30-23)16-5-4-14(10-20(16)32)15-7-9-26-21(11-15)33-3/h4-5,7,9-11,13,17,19,22,28,32H,6,8,12H2,1-3H3/t17?,19-,22+,24-/m1/s1. The Morgan fingerprint density at radius 1 is 1.18 bits per heavy atom. The number of anilines is 1. The first-order valence-corrected chi connectivity index (χ1v) is 11.0. The van der Waals surface area contributed by atoms with Gasteiger partial charge in [0.05, 0.1) is 19.3 Å². The molecule has 2 bridgehead atoms. The molecule has 0 saturated carbocycles. The van der Waals surface area contributed by atoms with Crippen molar-refractivity contribution in [3.05, 3.63) is 42.7 Å². The number of halogens is 1. The summed E-state index contributed by atoms with van der Waals surface area (Å²) >= 11 is 0. The highest BCUT2D eigenvalue weighted by Crippen LogP contribution is 2.39. The second-order valence-corrected chi connectivity index (χ2v) is 9.14. The van der Waals surface area contributed by atoms with Crippen LogP contribution in [0.15, 0.2) is 42.7 Å². The van der Waals surface area contributed by atoms with Gasteiger partial charge in [0.1, 0.15) is 17.6 Å². The Morgan fingerprint density at radius 3 is 2.73 bits per heavy atom. The van der Waals surface area contributed by atoms with Crippen LogP contribution in [0, 0.1) is 0 Å². The van der Waals surface area contributed by atoms with Crippen LogP contribution in [-0.4, -0.2) is 63.2 Å². The summed E-state index contributed by atoms with van der Waals surface area (Å²) in [5, 5.41) is 22.6. The van der Waals surface area contributed by atoms with Crippen LogP contribution in [0.5, 0.6) is 11.6 Å². The van der Waals surface area contributed by atoms with Crippen LogP contribution < -0.4 is 15.0 Å². The van der Waals surface area contributed by atoms with Gasteiger partial charge in [0.15, 0.2) is 0 Å². The van der Waals surface area contributed by atoms with E-state index in [9.17, 15) is 5.11 Å². The van der Waals surface area contributed by atoms with Crippen LogP contribution in [0.1, 0.15) is 26.2 Å². The first-order chi connectivity index (χ1) is 15.9. The van der Waals surface area contributed by atoms with E-state index >= 15 is 4.39 Å². The minimum absolute atomic E-state index is 0.0497. The Hall–Kier alpha value is -3.33. The molecule has 4 atom stereocenters. The molecule has 33 heavy (non-hydrogen) atoms. The van der Waals surface area contributed by atoms with Gasteiger partial charge in [0.25, 0.3) is 0 Å². The average molecular weight is 451 g/mol. The lowest BCUT2D eigenvalue weighted by molar-refractivity contribution is 0.143. The number of phenolic OH excluding ortho intramolecular Hbond substituents is 1. The van der Waals surface area contributed by atoms with Gasteiger partial charge in [-0.15, -0.1) is 10.2 Å². The summed E-state index contributed by atoms with van der Waals surface area (Å²) in [7, 11) is 3.38. The molecule has 2 N–H and O–H groups in total. The molecule has 3 aromatic rings. The fourth-order valence-corrected chi connectivity index (χ4v) is 4.99. The molecule has 2 aliphatic heterocycles. The van der Waals surface area contributed by atoms with Crippen LogP contribution in [0.3, 0.4) is 0 Å². The van der Waals surface area contributed by atoms with Gasteiger partial charge in [-0.3, -0.25) is 0 Å². The van der Waals surface area contributed by atoms with Crippen molar-refractivity contribution in [2.45, 2.75) is 50.0 Å². The van der Waals surface area contributed by atoms with Gasteiger partial charge < -0.3 is 20.1 Å². The maximum absolute atomic E-state index is 15.0. The highest BCUT2D eigenvalue weighted by Gasteiger charge is 2.49. The van der Waals surface area contributed by atoms with E-state index in [1.54, 1.807) is 42.6 Å². The lowest BCUT2D eigenvalue weighted by Gasteiger charge is -2.42. The second kappa shape index (κ2) is 8.22. The summed E-state index contributed by atoms with van der Waals surface area (Å²) in [6, 6.07) is 8.52. The summed E-state index contributed by atoms with van der Waals surface area (Å²) < 4.78 is 20.2. The van der Waals surface area contributed by atoms with Crippen molar-refractivity contribution in [1.82, 2.24) is 25.5 Å². The highest BCUT2D eigenvalue weighted by atomic mass is 19.1. The number of alkyl halides is 1. The van der Waals surface area contributed by atoms with Crippen molar-refractivity contribution in [2.24, 2.45) is 0 Å². The number of methoxy groups -OCH3 is 1. The smallest absolute Gasteiger partial charge is 0.245 e. The SMILES string of the molecule is COc1cc(-c2ccc(-c3cnc(N(C)[C@@H]4C[C@@]5(C)CCC(N5)[C@@H]4F)nn3)c(O)c2)ccn1. The van der Waals surface area contributed by atoms with Crippen LogP contribution >= 0.6 is 0 Å². The van der Waals surface area contributed by atoms with Crippen LogP contribution in [-0.2, 0) is 0 Å². The van der Waals surface area contributed by atoms with E-state index in [0.29, 0.717) is 29.5 Å². The molecule has 1 unspecified atom stereocenters. The third-order valence-corrected chi connectivity index (χ3v) is 6.87. The molecule has 2 fully saturated rings. The predicted octanol–water partition coefficient (Wildman–Crippen LogP) is 3.37. The number of ether oxygens (including phenoxy) is 1. The zero-order valence-electron chi connectivity index (χ0n) is 18.9. The Morgan fingerprint density at radius 2 is 2.00 bits per heavy atom. The van der Waals surface area contributed by atoms with Gasteiger partial charge in [-0.25, -0.2) is 14.4 Å². The van der Waals surface area contributed by atoms with Gasteiger partial charge in [0, 0.05) is 36.5 Å². The largest absolute Gasteiger partial charge is 0.507 e. The number of aromatic hydroxyl groups is 1. The Balaban J connectivity index is 1.36. The second-order valence-electron chi connectivity index (χ2n) is 9.14. The molecule has 172 valence electrons. The molecule has 1 aromatic carbocycles. The van der Waals surface area contributed by atoms with Crippen LogP contribution in [0.4, 0.5) is 10.3 Å². The quantitative estimate of drug-likeness (QED) is 0.611. The molecule has 2 aliphatic rings. The number of piperidine rings is 1.